The predicted molar refractivity (Wildman–Crippen MR) is 116 cm³/mol. The third-order valence-electron chi connectivity index (χ3n) is 7.00. The lowest BCUT2D eigenvalue weighted by molar-refractivity contribution is -0.0817. The third kappa shape index (κ3) is 4.33. The standard InChI is InChI=1S/C23H33N3O5/c1-24-22(26-8-12-29-21(14-26)18-3-2-9-28-18)25-15-23(6-10-27-11-7-23)17-4-5-19-20(13-17)31-16-30-19/h4-5,13,18,21H,2-3,6-12,14-16H2,1H3,(H,24,25). The second-order valence-corrected chi connectivity index (χ2v) is 8.77. The van der Waals surface area contributed by atoms with Gasteiger partial charge in [0, 0.05) is 51.9 Å². The minimum Gasteiger partial charge on any atom is -0.454 e. The van der Waals surface area contributed by atoms with Gasteiger partial charge in [0.2, 0.25) is 6.79 Å². The lowest BCUT2D eigenvalue weighted by Crippen LogP contribution is -2.55. The summed E-state index contributed by atoms with van der Waals surface area (Å²) in [6, 6.07) is 6.34. The largest absolute Gasteiger partial charge is 0.454 e. The minimum absolute atomic E-state index is 0.0323. The first-order chi connectivity index (χ1) is 15.3. The van der Waals surface area contributed by atoms with Crippen LogP contribution in [0.5, 0.6) is 11.5 Å². The zero-order chi connectivity index (χ0) is 21.1. The van der Waals surface area contributed by atoms with E-state index in [1.54, 1.807) is 0 Å². The monoisotopic (exact) mass is 431 g/mol. The average Bonchev–Trinajstić information content (AvgIpc) is 3.52. The maximum absolute atomic E-state index is 6.02. The van der Waals surface area contributed by atoms with Crippen LogP contribution in [-0.4, -0.2) is 83.0 Å². The van der Waals surface area contributed by atoms with Gasteiger partial charge in [0.25, 0.3) is 0 Å². The van der Waals surface area contributed by atoms with Gasteiger partial charge in [0.15, 0.2) is 17.5 Å². The number of hydrogen-bond acceptors (Lipinski definition) is 6. The Kier molecular flexibility index (Phi) is 6.20. The maximum Gasteiger partial charge on any atom is 0.231 e. The Bertz CT molecular complexity index is 789. The van der Waals surface area contributed by atoms with Crippen LogP contribution in [-0.2, 0) is 19.6 Å². The summed E-state index contributed by atoms with van der Waals surface area (Å²) in [5.41, 5.74) is 1.23. The molecule has 0 amide bonds. The third-order valence-corrected chi connectivity index (χ3v) is 7.00. The van der Waals surface area contributed by atoms with E-state index in [-0.39, 0.29) is 17.6 Å². The second-order valence-electron chi connectivity index (χ2n) is 8.77. The highest BCUT2D eigenvalue weighted by Crippen LogP contribution is 2.40. The average molecular weight is 432 g/mol. The number of hydrogen-bond donors (Lipinski definition) is 1. The molecule has 8 nitrogen and oxygen atoms in total. The zero-order valence-corrected chi connectivity index (χ0v) is 18.3. The van der Waals surface area contributed by atoms with Gasteiger partial charge in [0.05, 0.1) is 12.7 Å². The van der Waals surface area contributed by atoms with Gasteiger partial charge in [-0.1, -0.05) is 6.07 Å². The molecule has 0 saturated carbocycles. The number of morpholine rings is 1. The molecule has 0 radical (unpaired) electrons. The Hall–Kier alpha value is -2.03. The molecule has 2 unspecified atom stereocenters. The van der Waals surface area contributed by atoms with Gasteiger partial charge in [-0.15, -0.1) is 0 Å². The summed E-state index contributed by atoms with van der Waals surface area (Å²) in [4.78, 5) is 6.91. The van der Waals surface area contributed by atoms with Crippen molar-refractivity contribution in [3.05, 3.63) is 23.8 Å². The van der Waals surface area contributed by atoms with Crippen LogP contribution < -0.4 is 14.8 Å². The van der Waals surface area contributed by atoms with E-state index in [0.29, 0.717) is 13.4 Å². The van der Waals surface area contributed by atoms with Gasteiger partial charge in [-0.05, 0) is 43.4 Å². The second kappa shape index (κ2) is 9.22. The fourth-order valence-corrected chi connectivity index (χ4v) is 5.13. The predicted octanol–water partition coefficient (Wildman–Crippen LogP) is 1.92. The van der Waals surface area contributed by atoms with Crippen LogP contribution in [0.15, 0.2) is 23.2 Å². The first-order valence-electron chi connectivity index (χ1n) is 11.4. The van der Waals surface area contributed by atoms with E-state index in [9.17, 15) is 0 Å². The molecule has 4 aliphatic rings. The summed E-state index contributed by atoms with van der Waals surface area (Å²) in [7, 11) is 1.86. The fraction of sp³-hybridized carbons (Fsp3) is 0.696. The van der Waals surface area contributed by atoms with Crippen molar-refractivity contribution in [3.63, 3.8) is 0 Å². The molecule has 3 fully saturated rings. The normalized spacial score (nSPS) is 28.0. The van der Waals surface area contributed by atoms with Crippen molar-refractivity contribution in [1.82, 2.24) is 10.2 Å². The molecule has 8 heteroatoms. The summed E-state index contributed by atoms with van der Waals surface area (Å²) in [6.45, 7) is 5.80. The Labute approximate surface area is 183 Å². The van der Waals surface area contributed by atoms with Gasteiger partial charge in [-0.25, -0.2) is 0 Å². The number of nitrogens with zero attached hydrogens (tertiary/aromatic N) is 2. The van der Waals surface area contributed by atoms with Crippen LogP contribution >= 0.6 is 0 Å². The lowest BCUT2D eigenvalue weighted by atomic mass is 9.74. The summed E-state index contributed by atoms with van der Waals surface area (Å²) in [6.07, 6.45) is 4.43. The molecule has 0 aromatic heterocycles. The molecule has 1 aromatic rings. The van der Waals surface area contributed by atoms with Gasteiger partial charge in [-0.3, -0.25) is 4.99 Å². The van der Waals surface area contributed by atoms with Crippen LogP contribution in [0.25, 0.3) is 0 Å². The molecular formula is C23H33N3O5. The highest BCUT2D eigenvalue weighted by molar-refractivity contribution is 5.80. The van der Waals surface area contributed by atoms with Gasteiger partial charge in [0.1, 0.15) is 6.10 Å². The van der Waals surface area contributed by atoms with E-state index in [2.05, 4.69) is 27.3 Å². The number of aliphatic imine (C=N–C) groups is 1. The van der Waals surface area contributed by atoms with Crippen LogP contribution in [0.1, 0.15) is 31.2 Å². The Balaban J connectivity index is 1.29. The summed E-state index contributed by atoms with van der Waals surface area (Å²) in [5, 5.41) is 3.68. The highest BCUT2D eigenvalue weighted by Gasteiger charge is 2.37. The van der Waals surface area contributed by atoms with Crippen molar-refractivity contribution in [2.45, 2.75) is 43.3 Å². The smallest absolute Gasteiger partial charge is 0.231 e. The molecular weight excluding hydrogens is 398 g/mol. The molecule has 1 N–H and O–H groups in total. The summed E-state index contributed by atoms with van der Waals surface area (Å²) in [5.74, 6) is 2.58. The number of guanidine groups is 1. The van der Waals surface area contributed by atoms with E-state index < -0.39 is 0 Å². The van der Waals surface area contributed by atoms with Gasteiger partial charge in [-0.2, -0.15) is 0 Å². The maximum atomic E-state index is 6.02. The van der Waals surface area contributed by atoms with Crippen LogP contribution in [0.4, 0.5) is 0 Å². The number of rotatable bonds is 4. The Morgan fingerprint density at radius 1 is 1.10 bits per heavy atom. The number of benzene rings is 1. The zero-order valence-electron chi connectivity index (χ0n) is 18.3. The van der Waals surface area contributed by atoms with Crippen molar-refractivity contribution in [2.24, 2.45) is 4.99 Å². The van der Waals surface area contributed by atoms with E-state index in [4.69, 9.17) is 23.7 Å². The van der Waals surface area contributed by atoms with Crippen LogP contribution in [0, 0.1) is 0 Å². The van der Waals surface area contributed by atoms with Crippen LogP contribution in [0.3, 0.4) is 0 Å². The van der Waals surface area contributed by atoms with E-state index in [1.807, 2.05) is 13.1 Å². The van der Waals surface area contributed by atoms with Crippen molar-refractivity contribution < 1.29 is 23.7 Å². The Morgan fingerprint density at radius 2 is 1.94 bits per heavy atom. The molecule has 0 aliphatic carbocycles. The lowest BCUT2D eigenvalue weighted by Gasteiger charge is -2.41. The van der Waals surface area contributed by atoms with Gasteiger partial charge >= 0.3 is 0 Å². The van der Waals surface area contributed by atoms with Crippen molar-refractivity contribution in [3.8, 4) is 11.5 Å². The quantitative estimate of drug-likeness (QED) is 0.577. The Morgan fingerprint density at radius 3 is 2.74 bits per heavy atom. The molecule has 0 spiro atoms. The first kappa shape index (κ1) is 20.8. The summed E-state index contributed by atoms with van der Waals surface area (Å²) < 4.78 is 28.8. The van der Waals surface area contributed by atoms with Crippen LogP contribution in [0.2, 0.25) is 0 Å². The summed E-state index contributed by atoms with van der Waals surface area (Å²) >= 11 is 0. The topological polar surface area (TPSA) is 73.8 Å². The van der Waals surface area contributed by atoms with E-state index in [1.165, 1.54) is 5.56 Å². The SMILES string of the molecule is CN=C(NCC1(c2ccc3c(c2)OCO3)CCOCC1)N1CCOC(C2CCCO2)C1. The molecule has 1 aromatic carbocycles. The number of ether oxygens (including phenoxy) is 5. The molecule has 4 aliphatic heterocycles. The van der Waals surface area contributed by atoms with Crippen molar-refractivity contribution in [1.29, 1.82) is 0 Å². The molecule has 0 bridgehead atoms. The number of fused-ring (bicyclic) bond motifs is 1. The molecule has 5 rings (SSSR count). The van der Waals surface area contributed by atoms with Crippen molar-refractivity contribution >= 4 is 5.96 Å². The highest BCUT2D eigenvalue weighted by atomic mass is 16.7. The number of nitrogens with one attached hydrogen (secondary N) is 1. The first-order valence-corrected chi connectivity index (χ1v) is 11.4. The molecule has 31 heavy (non-hydrogen) atoms. The molecule has 170 valence electrons. The minimum atomic E-state index is -0.0323. The van der Waals surface area contributed by atoms with E-state index >= 15 is 0 Å². The fourth-order valence-electron chi connectivity index (χ4n) is 5.13. The van der Waals surface area contributed by atoms with Crippen molar-refractivity contribution in [2.75, 3.05) is 59.9 Å². The molecule has 3 saturated heterocycles. The molecule has 4 heterocycles. The van der Waals surface area contributed by atoms with E-state index in [0.717, 1.165) is 82.6 Å². The van der Waals surface area contributed by atoms with Gasteiger partial charge < -0.3 is 33.9 Å². The molecule has 2 atom stereocenters.